The second-order valence-electron chi connectivity index (χ2n) is 4.01. The van der Waals surface area contributed by atoms with Crippen molar-refractivity contribution in [2.24, 2.45) is 0 Å². The summed E-state index contributed by atoms with van der Waals surface area (Å²) in [5.74, 6) is 0. The number of nitriles is 1. The molecule has 3 heterocycles. The van der Waals surface area contributed by atoms with Crippen LogP contribution in [-0.4, -0.2) is 20.4 Å². The Labute approximate surface area is 113 Å². The lowest BCUT2D eigenvalue weighted by molar-refractivity contribution is 0.937. The highest BCUT2D eigenvalue weighted by atomic mass is 32.1. The topological polar surface area (TPSA) is 78.2 Å². The zero-order valence-electron chi connectivity index (χ0n) is 10.1. The van der Waals surface area contributed by atoms with Gasteiger partial charge in [-0.25, -0.2) is 0 Å². The summed E-state index contributed by atoms with van der Waals surface area (Å²) in [4.78, 5) is 6.30. The summed E-state index contributed by atoms with van der Waals surface area (Å²) >= 11 is 1.55. The molecule has 0 bridgehead atoms. The number of aromatic amines is 1. The van der Waals surface area contributed by atoms with Crippen molar-refractivity contribution in [2.45, 2.75) is 6.92 Å². The van der Waals surface area contributed by atoms with E-state index in [1.54, 1.807) is 17.5 Å². The predicted molar refractivity (Wildman–Crippen MR) is 72.4 cm³/mol. The van der Waals surface area contributed by atoms with E-state index >= 15 is 0 Å². The standard InChI is InChI=1S/C13H9N5S/c1-8-4-5-15-9(6-8)11-2-3-12(19-11)13-10(7-14)16-18-17-13/h2-6H,1H3,(H,16,17,18). The highest BCUT2D eigenvalue weighted by Crippen LogP contribution is 2.33. The van der Waals surface area contributed by atoms with Crippen molar-refractivity contribution in [3.05, 3.63) is 41.7 Å². The molecule has 92 valence electrons. The first-order valence-corrected chi connectivity index (χ1v) is 6.43. The SMILES string of the molecule is Cc1ccnc(-c2ccc(-c3n[nH]nc3C#N)s2)c1. The minimum atomic E-state index is 0.311. The number of nitrogens with zero attached hydrogens (tertiary/aromatic N) is 4. The first-order chi connectivity index (χ1) is 9.28. The van der Waals surface area contributed by atoms with Gasteiger partial charge in [-0.3, -0.25) is 4.98 Å². The van der Waals surface area contributed by atoms with E-state index in [1.165, 1.54) is 5.56 Å². The van der Waals surface area contributed by atoms with E-state index in [0.717, 1.165) is 15.4 Å². The van der Waals surface area contributed by atoms with E-state index in [2.05, 4.69) is 20.4 Å². The molecule has 5 nitrogen and oxygen atoms in total. The van der Waals surface area contributed by atoms with Crippen molar-refractivity contribution in [2.75, 3.05) is 0 Å². The maximum Gasteiger partial charge on any atom is 0.191 e. The van der Waals surface area contributed by atoms with Crippen LogP contribution in [0.4, 0.5) is 0 Å². The number of aryl methyl sites for hydroxylation is 1. The number of rotatable bonds is 2. The third-order valence-electron chi connectivity index (χ3n) is 2.66. The van der Waals surface area contributed by atoms with Crippen LogP contribution in [0, 0.1) is 18.3 Å². The van der Waals surface area contributed by atoms with E-state index in [1.807, 2.05) is 37.3 Å². The molecular weight excluding hydrogens is 258 g/mol. The number of H-pyrrole nitrogens is 1. The Kier molecular flexibility index (Phi) is 2.82. The Bertz CT molecular complexity index is 765. The van der Waals surface area contributed by atoms with Gasteiger partial charge in [0.2, 0.25) is 0 Å². The van der Waals surface area contributed by atoms with Crippen LogP contribution in [0.15, 0.2) is 30.5 Å². The van der Waals surface area contributed by atoms with Crippen LogP contribution in [0.25, 0.3) is 21.1 Å². The predicted octanol–water partition coefficient (Wildman–Crippen LogP) is 2.78. The molecule has 6 heteroatoms. The molecule has 0 aliphatic heterocycles. The summed E-state index contributed by atoms with van der Waals surface area (Å²) in [5.41, 5.74) is 2.99. The largest absolute Gasteiger partial charge is 0.255 e. The summed E-state index contributed by atoms with van der Waals surface area (Å²) in [6.45, 7) is 2.03. The van der Waals surface area contributed by atoms with Crippen molar-refractivity contribution in [1.29, 1.82) is 5.26 Å². The third kappa shape index (κ3) is 2.11. The van der Waals surface area contributed by atoms with Gasteiger partial charge in [0.15, 0.2) is 5.69 Å². The fourth-order valence-electron chi connectivity index (χ4n) is 1.75. The highest BCUT2D eigenvalue weighted by Gasteiger charge is 2.13. The molecule has 0 amide bonds. The van der Waals surface area contributed by atoms with Crippen LogP contribution in [0.2, 0.25) is 0 Å². The lowest BCUT2D eigenvalue weighted by atomic mass is 10.2. The lowest BCUT2D eigenvalue weighted by Crippen LogP contribution is -1.80. The molecule has 1 N–H and O–H groups in total. The lowest BCUT2D eigenvalue weighted by Gasteiger charge is -1.97. The normalized spacial score (nSPS) is 10.3. The Morgan fingerprint density at radius 1 is 1.21 bits per heavy atom. The minimum absolute atomic E-state index is 0.311. The maximum atomic E-state index is 8.95. The fourth-order valence-corrected chi connectivity index (χ4v) is 2.72. The average Bonchev–Trinajstić information content (AvgIpc) is 3.07. The van der Waals surface area contributed by atoms with Gasteiger partial charge in [-0.15, -0.1) is 16.4 Å². The second-order valence-corrected chi connectivity index (χ2v) is 5.10. The quantitative estimate of drug-likeness (QED) is 0.774. The van der Waals surface area contributed by atoms with Crippen LogP contribution < -0.4 is 0 Å². The highest BCUT2D eigenvalue weighted by molar-refractivity contribution is 7.18. The second kappa shape index (κ2) is 4.63. The summed E-state index contributed by atoms with van der Waals surface area (Å²) in [6, 6.07) is 9.93. The van der Waals surface area contributed by atoms with Crippen molar-refractivity contribution < 1.29 is 0 Å². The summed E-state index contributed by atoms with van der Waals surface area (Å²) < 4.78 is 0. The number of aromatic nitrogens is 4. The van der Waals surface area contributed by atoms with E-state index in [-0.39, 0.29) is 0 Å². The minimum Gasteiger partial charge on any atom is -0.255 e. The van der Waals surface area contributed by atoms with E-state index in [9.17, 15) is 0 Å². The molecule has 3 aromatic heterocycles. The molecular formula is C13H9N5S. The first-order valence-electron chi connectivity index (χ1n) is 5.62. The van der Waals surface area contributed by atoms with E-state index in [4.69, 9.17) is 5.26 Å². The molecule has 0 atom stereocenters. The van der Waals surface area contributed by atoms with E-state index in [0.29, 0.717) is 11.4 Å². The van der Waals surface area contributed by atoms with Gasteiger partial charge in [0.1, 0.15) is 11.8 Å². The smallest absolute Gasteiger partial charge is 0.191 e. The molecule has 19 heavy (non-hydrogen) atoms. The molecule has 0 saturated carbocycles. The molecule has 0 aliphatic carbocycles. The molecule has 0 spiro atoms. The molecule has 0 aromatic carbocycles. The average molecular weight is 267 g/mol. The Hall–Kier alpha value is -2.52. The van der Waals surface area contributed by atoms with Gasteiger partial charge in [0.05, 0.1) is 15.4 Å². The maximum absolute atomic E-state index is 8.95. The summed E-state index contributed by atoms with van der Waals surface area (Å²) in [6.07, 6.45) is 1.79. The van der Waals surface area contributed by atoms with Crippen LogP contribution in [0.3, 0.4) is 0 Å². The van der Waals surface area contributed by atoms with Crippen LogP contribution in [0.1, 0.15) is 11.3 Å². The van der Waals surface area contributed by atoms with Crippen molar-refractivity contribution in [1.82, 2.24) is 20.4 Å². The summed E-state index contributed by atoms with van der Waals surface area (Å²) in [5, 5.41) is 19.2. The van der Waals surface area contributed by atoms with Gasteiger partial charge in [-0.05, 0) is 36.8 Å². The monoisotopic (exact) mass is 267 g/mol. The molecule has 0 unspecified atom stereocenters. The molecule has 0 fully saturated rings. The third-order valence-corrected chi connectivity index (χ3v) is 3.78. The van der Waals surface area contributed by atoms with Gasteiger partial charge < -0.3 is 0 Å². The number of pyridine rings is 1. The van der Waals surface area contributed by atoms with Gasteiger partial charge in [-0.1, -0.05) is 0 Å². The van der Waals surface area contributed by atoms with Gasteiger partial charge in [-0.2, -0.15) is 15.6 Å². The van der Waals surface area contributed by atoms with Crippen molar-refractivity contribution in [3.63, 3.8) is 0 Å². The molecule has 0 radical (unpaired) electrons. The molecule has 3 rings (SSSR count). The van der Waals surface area contributed by atoms with Gasteiger partial charge in [0, 0.05) is 6.20 Å². The first kappa shape index (κ1) is 11.6. The number of thiophene rings is 1. The molecule has 0 saturated heterocycles. The number of hydrogen-bond donors (Lipinski definition) is 1. The van der Waals surface area contributed by atoms with Crippen LogP contribution >= 0.6 is 11.3 Å². The van der Waals surface area contributed by atoms with Gasteiger partial charge >= 0.3 is 0 Å². The Balaban J connectivity index is 2.03. The Morgan fingerprint density at radius 3 is 2.84 bits per heavy atom. The Morgan fingerprint density at radius 2 is 2.05 bits per heavy atom. The van der Waals surface area contributed by atoms with Crippen LogP contribution in [0.5, 0.6) is 0 Å². The zero-order chi connectivity index (χ0) is 13.2. The summed E-state index contributed by atoms with van der Waals surface area (Å²) in [7, 11) is 0. The van der Waals surface area contributed by atoms with Gasteiger partial charge in [0.25, 0.3) is 0 Å². The molecule has 0 aliphatic rings. The van der Waals surface area contributed by atoms with E-state index < -0.39 is 0 Å². The van der Waals surface area contributed by atoms with Crippen LogP contribution in [-0.2, 0) is 0 Å². The molecule has 3 aromatic rings. The number of hydrogen-bond acceptors (Lipinski definition) is 5. The van der Waals surface area contributed by atoms with Crippen molar-refractivity contribution >= 4 is 11.3 Å². The zero-order valence-corrected chi connectivity index (χ0v) is 10.9. The fraction of sp³-hybridized carbons (Fsp3) is 0.0769. The number of nitrogens with one attached hydrogen (secondary N) is 1. The van der Waals surface area contributed by atoms with Crippen molar-refractivity contribution in [3.8, 4) is 27.2 Å².